The van der Waals surface area contributed by atoms with Gasteiger partial charge in [-0.25, -0.2) is 0 Å². The molecule has 17 heavy (non-hydrogen) atoms. The van der Waals surface area contributed by atoms with Crippen LogP contribution in [0, 0.1) is 5.92 Å². The van der Waals surface area contributed by atoms with Crippen molar-refractivity contribution in [2.24, 2.45) is 5.92 Å². The van der Waals surface area contributed by atoms with E-state index < -0.39 is 0 Å². The van der Waals surface area contributed by atoms with Crippen molar-refractivity contribution in [1.82, 2.24) is 20.3 Å². The minimum absolute atomic E-state index is 0.0513. The van der Waals surface area contributed by atoms with Crippen molar-refractivity contribution in [3.05, 3.63) is 11.9 Å². The average molecular weight is 234 g/mol. The standard InChI is InChI=1S/C12H18N4O/c17-12(10-8-13-15-14-10)16-7-3-5-9-4-1-2-6-11(9)16/h8-9,11H,1-7H2,(H,13,14,15). The minimum Gasteiger partial charge on any atom is -0.334 e. The molecule has 0 spiro atoms. The van der Waals surface area contributed by atoms with Crippen LogP contribution >= 0.6 is 0 Å². The van der Waals surface area contributed by atoms with Crippen LogP contribution in [-0.4, -0.2) is 38.8 Å². The molecular weight excluding hydrogens is 216 g/mol. The number of nitrogens with zero attached hydrogens (tertiary/aromatic N) is 3. The summed E-state index contributed by atoms with van der Waals surface area (Å²) in [4.78, 5) is 14.4. The number of fused-ring (bicyclic) bond motifs is 1. The topological polar surface area (TPSA) is 61.9 Å². The Labute approximate surface area is 101 Å². The molecule has 2 heterocycles. The molecule has 1 N–H and O–H groups in total. The number of nitrogens with one attached hydrogen (secondary N) is 1. The SMILES string of the molecule is O=C(c1cn[nH]n1)N1CCCC2CCCCC21. The van der Waals surface area contributed by atoms with Crippen LogP contribution in [0.2, 0.25) is 0 Å². The number of piperidine rings is 1. The fourth-order valence-electron chi connectivity index (χ4n) is 3.33. The normalized spacial score (nSPS) is 28.8. The summed E-state index contributed by atoms with van der Waals surface area (Å²) in [5.41, 5.74) is 0.455. The molecule has 1 aliphatic carbocycles. The Balaban J connectivity index is 1.79. The first kappa shape index (κ1) is 10.7. The number of likely N-dealkylation sites (tertiary alicyclic amines) is 1. The summed E-state index contributed by atoms with van der Waals surface area (Å²) in [6.07, 6.45) is 8.96. The Morgan fingerprint density at radius 1 is 1.29 bits per heavy atom. The van der Waals surface area contributed by atoms with Crippen molar-refractivity contribution in [2.45, 2.75) is 44.6 Å². The van der Waals surface area contributed by atoms with E-state index >= 15 is 0 Å². The lowest BCUT2D eigenvalue weighted by Gasteiger charge is -2.43. The Kier molecular flexibility index (Phi) is 2.82. The van der Waals surface area contributed by atoms with Crippen molar-refractivity contribution in [2.75, 3.05) is 6.54 Å². The second-order valence-electron chi connectivity index (χ2n) is 5.11. The van der Waals surface area contributed by atoms with E-state index in [1.165, 1.54) is 31.9 Å². The monoisotopic (exact) mass is 234 g/mol. The van der Waals surface area contributed by atoms with E-state index in [1.54, 1.807) is 0 Å². The van der Waals surface area contributed by atoms with E-state index in [9.17, 15) is 4.79 Å². The first-order valence-electron chi connectivity index (χ1n) is 6.53. The summed E-state index contributed by atoms with van der Waals surface area (Å²) < 4.78 is 0. The van der Waals surface area contributed by atoms with Gasteiger partial charge in [0.15, 0.2) is 5.69 Å². The molecule has 1 amide bonds. The highest BCUT2D eigenvalue weighted by Crippen LogP contribution is 2.35. The minimum atomic E-state index is 0.0513. The summed E-state index contributed by atoms with van der Waals surface area (Å²) in [7, 11) is 0. The van der Waals surface area contributed by atoms with Crippen LogP contribution in [0.5, 0.6) is 0 Å². The molecule has 5 heteroatoms. The molecule has 3 rings (SSSR count). The summed E-state index contributed by atoms with van der Waals surface area (Å²) >= 11 is 0. The van der Waals surface area contributed by atoms with Gasteiger partial charge in [-0.1, -0.05) is 12.8 Å². The molecule has 2 aliphatic rings. The second kappa shape index (κ2) is 4.47. The maximum atomic E-state index is 12.3. The summed E-state index contributed by atoms with van der Waals surface area (Å²) in [6, 6.07) is 0.446. The number of carbonyl (C=O) groups excluding carboxylic acids is 1. The highest BCUT2D eigenvalue weighted by Gasteiger charge is 2.36. The zero-order valence-corrected chi connectivity index (χ0v) is 9.93. The molecule has 1 aromatic heterocycles. The number of rotatable bonds is 1. The number of amides is 1. The maximum Gasteiger partial charge on any atom is 0.276 e. The zero-order valence-electron chi connectivity index (χ0n) is 9.93. The third-order valence-corrected chi connectivity index (χ3v) is 4.14. The Morgan fingerprint density at radius 3 is 2.94 bits per heavy atom. The lowest BCUT2D eigenvalue weighted by atomic mass is 9.78. The molecule has 2 atom stereocenters. The first-order chi connectivity index (χ1) is 8.36. The summed E-state index contributed by atoms with van der Waals surface area (Å²) in [5.74, 6) is 0.767. The van der Waals surface area contributed by atoms with Crippen molar-refractivity contribution >= 4 is 5.91 Å². The van der Waals surface area contributed by atoms with Gasteiger partial charge in [-0.05, 0) is 31.6 Å². The summed E-state index contributed by atoms with van der Waals surface area (Å²) in [5, 5.41) is 10.1. The lowest BCUT2D eigenvalue weighted by molar-refractivity contribution is 0.0385. The van der Waals surface area contributed by atoms with Gasteiger partial charge in [0.25, 0.3) is 5.91 Å². The van der Waals surface area contributed by atoms with Crippen molar-refractivity contribution < 1.29 is 4.79 Å². The van der Waals surface area contributed by atoms with E-state index in [-0.39, 0.29) is 5.91 Å². The molecule has 1 saturated heterocycles. The molecule has 5 nitrogen and oxygen atoms in total. The van der Waals surface area contributed by atoms with E-state index in [2.05, 4.69) is 15.4 Å². The molecule has 92 valence electrons. The van der Waals surface area contributed by atoms with Crippen LogP contribution in [-0.2, 0) is 0 Å². The summed E-state index contributed by atoms with van der Waals surface area (Å²) in [6.45, 7) is 0.882. The van der Waals surface area contributed by atoms with Gasteiger partial charge in [0.05, 0.1) is 6.20 Å². The van der Waals surface area contributed by atoms with Crippen LogP contribution < -0.4 is 0 Å². The molecule has 1 saturated carbocycles. The molecule has 1 aliphatic heterocycles. The Hall–Kier alpha value is -1.39. The van der Waals surface area contributed by atoms with Crippen LogP contribution in [0.25, 0.3) is 0 Å². The van der Waals surface area contributed by atoms with E-state index in [0.29, 0.717) is 17.7 Å². The maximum absolute atomic E-state index is 12.3. The van der Waals surface area contributed by atoms with Gasteiger partial charge >= 0.3 is 0 Å². The number of carbonyl (C=O) groups is 1. The van der Waals surface area contributed by atoms with Crippen molar-refractivity contribution in [1.29, 1.82) is 0 Å². The van der Waals surface area contributed by atoms with Gasteiger partial charge in [0.1, 0.15) is 0 Å². The number of hydrogen-bond acceptors (Lipinski definition) is 3. The number of aromatic amines is 1. The molecular formula is C12H18N4O. The van der Waals surface area contributed by atoms with Crippen molar-refractivity contribution in [3.8, 4) is 0 Å². The highest BCUT2D eigenvalue weighted by molar-refractivity contribution is 5.92. The largest absolute Gasteiger partial charge is 0.334 e. The van der Waals surface area contributed by atoms with Crippen LogP contribution in [0.3, 0.4) is 0 Å². The smallest absolute Gasteiger partial charge is 0.276 e. The fourth-order valence-corrected chi connectivity index (χ4v) is 3.33. The van der Waals surface area contributed by atoms with Gasteiger partial charge in [-0.3, -0.25) is 4.79 Å². The third-order valence-electron chi connectivity index (χ3n) is 4.14. The lowest BCUT2D eigenvalue weighted by Crippen LogP contribution is -2.49. The molecule has 2 unspecified atom stereocenters. The number of H-pyrrole nitrogens is 1. The average Bonchev–Trinajstić information content (AvgIpc) is 2.91. The fraction of sp³-hybridized carbons (Fsp3) is 0.750. The molecule has 1 aromatic rings. The van der Waals surface area contributed by atoms with Gasteiger partial charge in [0, 0.05) is 12.6 Å². The van der Waals surface area contributed by atoms with Crippen LogP contribution in [0.15, 0.2) is 6.20 Å². The highest BCUT2D eigenvalue weighted by atomic mass is 16.2. The van der Waals surface area contributed by atoms with E-state index in [4.69, 9.17) is 0 Å². The van der Waals surface area contributed by atoms with Crippen molar-refractivity contribution in [3.63, 3.8) is 0 Å². The number of aromatic nitrogens is 3. The zero-order chi connectivity index (χ0) is 11.7. The van der Waals surface area contributed by atoms with Crippen LogP contribution in [0.1, 0.15) is 49.0 Å². The van der Waals surface area contributed by atoms with E-state index in [0.717, 1.165) is 19.4 Å². The van der Waals surface area contributed by atoms with Gasteiger partial charge < -0.3 is 4.90 Å². The quantitative estimate of drug-likeness (QED) is 0.802. The first-order valence-corrected chi connectivity index (χ1v) is 6.53. The van der Waals surface area contributed by atoms with Gasteiger partial charge in [-0.2, -0.15) is 15.4 Å². The number of hydrogen-bond donors (Lipinski definition) is 1. The molecule has 0 radical (unpaired) electrons. The molecule has 0 aromatic carbocycles. The van der Waals surface area contributed by atoms with E-state index in [1.807, 2.05) is 4.90 Å². The molecule has 2 fully saturated rings. The van der Waals surface area contributed by atoms with Gasteiger partial charge in [-0.15, -0.1) is 0 Å². The predicted octanol–water partition coefficient (Wildman–Crippen LogP) is 1.60. The third kappa shape index (κ3) is 1.94. The Bertz CT molecular complexity index is 387. The Morgan fingerprint density at radius 2 is 2.12 bits per heavy atom. The molecule has 0 bridgehead atoms. The van der Waals surface area contributed by atoms with Gasteiger partial charge in [0.2, 0.25) is 0 Å². The second-order valence-corrected chi connectivity index (χ2v) is 5.11. The van der Waals surface area contributed by atoms with Crippen LogP contribution in [0.4, 0.5) is 0 Å². The predicted molar refractivity (Wildman–Crippen MR) is 62.4 cm³/mol.